The van der Waals surface area contributed by atoms with Crippen LogP contribution in [0.25, 0.3) is 0 Å². The van der Waals surface area contributed by atoms with Gasteiger partial charge in [-0.05, 0) is 30.3 Å². The summed E-state index contributed by atoms with van der Waals surface area (Å²) in [4.78, 5) is 13.9. The maximum absolute atomic E-state index is 12.4. The van der Waals surface area contributed by atoms with Crippen LogP contribution in [-0.2, 0) is 6.54 Å². The number of para-hydroxylation sites is 1. The van der Waals surface area contributed by atoms with Crippen LogP contribution in [0, 0.1) is 0 Å². The zero-order valence-electron chi connectivity index (χ0n) is 12.5. The van der Waals surface area contributed by atoms with Gasteiger partial charge in [0.05, 0.1) is 0 Å². The lowest BCUT2D eigenvalue weighted by molar-refractivity contribution is 0.0784. The minimum atomic E-state index is -0.112. The van der Waals surface area contributed by atoms with Crippen LogP contribution >= 0.6 is 0 Å². The highest BCUT2D eigenvalue weighted by molar-refractivity contribution is 5.94. The van der Waals surface area contributed by atoms with Crippen LogP contribution in [0.1, 0.15) is 15.9 Å². The van der Waals surface area contributed by atoms with Crippen LogP contribution in [0.5, 0.6) is 11.5 Å². The second kappa shape index (κ2) is 7.31. The quantitative estimate of drug-likeness (QED) is 0.833. The molecule has 0 radical (unpaired) electrons. The van der Waals surface area contributed by atoms with Gasteiger partial charge in [0.15, 0.2) is 0 Å². The van der Waals surface area contributed by atoms with E-state index in [0.717, 1.165) is 0 Å². The Kier molecular flexibility index (Phi) is 5.20. The number of carbonyl (C=O) groups is 1. The van der Waals surface area contributed by atoms with Crippen LogP contribution in [0.15, 0.2) is 61.2 Å². The van der Waals surface area contributed by atoms with Crippen molar-refractivity contribution in [3.8, 4) is 11.5 Å². The number of phenolic OH excluding ortho intramolecular Hbond substituents is 1. The molecular formula is C18H19NO3. The van der Waals surface area contributed by atoms with E-state index in [1.54, 1.807) is 60.5 Å². The van der Waals surface area contributed by atoms with Gasteiger partial charge in [0, 0.05) is 24.7 Å². The van der Waals surface area contributed by atoms with E-state index >= 15 is 0 Å². The van der Waals surface area contributed by atoms with E-state index in [9.17, 15) is 9.90 Å². The largest absolute Gasteiger partial charge is 0.508 e. The molecule has 4 heteroatoms. The van der Waals surface area contributed by atoms with Crippen molar-refractivity contribution in [3.05, 3.63) is 72.3 Å². The first-order valence-corrected chi connectivity index (χ1v) is 6.98. The van der Waals surface area contributed by atoms with Gasteiger partial charge in [-0.15, -0.1) is 0 Å². The third kappa shape index (κ3) is 3.88. The number of rotatable bonds is 6. The van der Waals surface area contributed by atoms with Gasteiger partial charge >= 0.3 is 0 Å². The summed E-state index contributed by atoms with van der Waals surface area (Å²) in [5.41, 5.74) is 1.29. The van der Waals surface area contributed by atoms with Gasteiger partial charge in [0.2, 0.25) is 0 Å². The molecule has 0 heterocycles. The van der Waals surface area contributed by atoms with Gasteiger partial charge in [0.1, 0.15) is 18.1 Å². The topological polar surface area (TPSA) is 49.8 Å². The van der Waals surface area contributed by atoms with Crippen LogP contribution in [0.3, 0.4) is 0 Å². The van der Waals surface area contributed by atoms with Crippen LogP contribution < -0.4 is 4.74 Å². The van der Waals surface area contributed by atoms with E-state index < -0.39 is 0 Å². The Morgan fingerprint density at radius 2 is 1.91 bits per heavy atom. The number of benzene rings is 2. The molecule has 2 rings (SSSR count). The van der Waals surface area contributed by atoms with Crippen LogP contribution in [0.4, 0.5) is 0 Å². The molecule has 22 heavy (non-hydrogen) atoms. The molecule has 0 fully saturated rings. The van der Waals surface area contributed by atoms with Gasteiger partial charge in [0.25, 0.3) is 5.91 Å². The highest BCUT2D eigenvalue weighted by Crippen LogP contribution is 2.19. The number of carbonyl (C=O) groups excluding carboxylic acids is 1. The molecule has 0 aliphatic rings. The molecule has 0 bridgehead atoms. The fourth-order valence-corrected chi connectivity index (χ4v) is 2.04. The Morgan fingerprint density at radius 1 is 1.23 bits per heavy atom. The molecule has 0 aliphatic carbocycles. The second-order valence-electron chi connectivity index (χ2n) is 4.91. The predicted molar refractivity (Wildman–Crippen MR) is 86.0 cm³/mol. The standard InChI is InChI=1S/C18H19NO3/c1-3-12-22-16-10-8-14(9-11-16)18(21)19(2)13-15-6-4-5-7-17(15)20/h3-11,20H,1,12-13H2,2H3. The maximum atomic E-state index is 12.4. The molecule has 0 atom stereocenters. The van der Waals surface area contributed by atoms with E-state index in [1.807, 2.05) is 6.07 Å². The minimum absolute atomic E-state index is 0.112. The molecule has 2 aromatic carbocycles. The Bertz CT molecular complexity index is 650. The fourth-order valence-electron chi connectivity index (χ4n) is 2.04. The number of phenols is 1. The Labute approximate surface area is 130 Å². The number of ether oxygens (including phenoxy) is 1. The number of hydrogen-bond acceptors (Lipinski definition) is 3. The highest BCUT2D eigenvalue weighted by Gasteiger charge is 2.13. The van der Waals surface area contributed by atoms with Gasteiger partial charge in [-0.25, -0.2) is 0 Å². The number of amides is 1. The fraction of sp³-hybridized carbons (Fsp3) is 0.167. The first kappa shape index (κ1) is 15.6. The first-order chi connectivity index (χ1) is 10.6. The van der Waals surface area contributed by atoms with Crippen LogP contribution in [0.2, 0.25) is 0 Å². The van der Waals surface area contributed by atoms with Gasteiger partial charge < -0.3 is 14.7 Å². The molecule has 0 aromatic heterocycles. The summed E-state index contributed by atoms with van der Waals surface area (Å²) in [5.74, 6) is 0.772. The first-order valence-electron chi connectivity index (χ1n) is 6.98. The molecule has 1 N–H and O–H groups in total. The summed E-state index contributed by atoms with van der Waals surface area (Å²) in [6, 6.07) is 14.0. The SMILES string of the molecule is C=CCOc1ccc(C(=O)N(C)Cc2ccccc2O)cc1. The Morgan fingerprint density at radius 3 is 2.55 bits per heavy atom. The van der Waals surface area contributed by atoms with Crippen molar-refractivity contribution in [1.82, 2.24) is 4.90 Å². The monoisotopic (exact) mass is 297 g/mol. The Hall–Kier alpha value is -2.75. The lowest BCUT2D eigenvalue weighted by Crippen LogP contribution is -2.26. The number of nitrogens with zero attached hydrogens (tertiary/aromatic N) is 1. The van der Waals surface area contributed by atoms with Gasteiger partial charge in [-0.3, -0.25) is 4.79 Å². The normalized spacial score (nSPS) is 10.0. The Balaban J connectivity index is 2.04. The molecule has 2 aromatic rings. The summed E-state index contributed by atoms with van der Waals surface area (Å²) in [7, 11) is 1.71. The van der Waals surface area contributed by atoms with Crippen molar-refractivity contribution in [2.75, 3.05) is 13.7 Å². The number of hydrogen-bond donors (Lipinski definition) is 1. The molecule has 4 nitrogen and oxygen atoms in total. The molecular weight excluding hydrogens is 278 g/mol. The van der Waals surface area contributed by atoms with Crippen molar-refractivity contribution in [1.29, 1.82) is 0 Å². The molecule has 0 saturated heterocycles. The second-order valence-corrected chi connectivity index (χ2v) is 4.91. The van der Waals surface area contributed by atoms with E-state index in [-0.39, 0.29) is 11.7 Å². The molecule has 0 saturated carbocycles. The molecule has 0 aliphatic heterocycles. The number of aromatic hydroxyl groups is 1. The van der Waals surface area contributed by atoms with E-state index in [2.05, 4.69) is 6.58 Å². The summed E-state index contributed by atoms with van der Waals surface area (Å²) >= 11 is 0. The molecule has 0 spiro atoms. The zero-order chi connectivity index (χ0) is 15.9. The van der Waals surface area contributed by atoms with Crippen molar-refractivity contribution in [2.24, 2.45) is 0 Å². The average molecular weight is 297 g/mol. The van der Waals surface area contributed by atoms with Crippen LogP contribution in [-0.4, -0.2) is 29.6 Å². The molecule has 0 unspecified atom stereocenters. The summed E-state index contributed by atoms with van der Waals surface area (Å²) in [6.07, 6.45) is 1.67. The predicted octanol–water partition coefficient (Wildman–Crippen LogP) is 3.23. The van der Waals surface area contributed by atoms with Gasteiger partial charge in [-0.1, -0.05) is 30.9 Å². The van der Waals surface area contributed by atoms with Crippen molar-refractivity contribution < 1.29 is 14.6 Å². The van der Waals surface area contributed by atoms with Crippen molar-refractivity contribution in [3.63, 3.8) is 0 Å². The summed E-state index contributed by atoms with van der Waals surface area (Å²) in [5, 5.41) is 9.77. The summed E-state index contributed by atoms with van der Waals surface area (Å²) < 4.78 is 5.39. The average Bonchev–Trinajstić information content (AvgIpc) is 2.55. The van der Waals surface area contributed by atoms with E-state index in [0.29, 0.717) is 30.0 Å². The molecule has 1 amide bonds. The maximum Gasteiger partial charge on any atom is 0.253 e. The van der Waals surface area contributed by atoms with Crippen molar-refractivity contribution in [2.45, 2.75) is 6.54 Å². The van der Waals surface area contributed by atoms with Gasteiger partial charge in [-0.2, -0.15) is 0 Å². The lowest BCUT2D eigenvalue weighted by atomic mass is 10.1. The van der Waals surface area contributed by atoms with E-state index in [4.69, 9.17) is 4.74 Å². The van der Waals surface area contributed by atoms with Crippen molar-refractivity contribution >= 4 is 5.91 Å². The highest BCUT2D eigenvalue weighted by atomic mass is 16.5. The summed E-state index contributed by atoms with van der Waals surface area (Å²) in [6.45, 7) is 4.36. The third-order valence-corrected chi connectivity index (χ3v) is 3.21. The third-order valence-electron chi connectivity index (χ3n) is 3.21. The smallest absolute Gasteiger partial charge is 0.253 e. The zero-order valence-corrected chi connectivity index (χ0v) is 12.5. The molecule has 114 valence electrons. The minimum Gasteiger partial charge on any atom is -0.508 e. The lowest BCUT2D eigenvalue weighted by Gasteiger charge is -2.18. The van der Waals surface area contributed by atoms with E-state index in [1.165, 1.54) is 0 Å².